The van der Waals surface area contributed by atoms with E-state index in [0.29, 0.717) is 6.07 Å². The van der Waals surface area contributed by atoms with Crippen LogP contribution in [-0.2, 0) is 6.18 Å². The smallest absolute Gasteiger partial charge is 0.419 e. The lowest BCUT2D eigenvalue weighted by molar-refractivity contribution is -0.138. The Morgan fingerprint density at radius 1 is 1.18 bits per heavy atom. The number of carboxylic acid groups (broad SMARTS) is 1. The number of carbonyl (C=O) groups is 1. The molecule has 0 aliphatic carbocycles. The van der Waals surface area contributed by atoms with Gasteiger partial charge in [0, 0.05) is 6.07 Å². The van der Waals surface area contributed by atoms with E-state index in [9.17, 15) is 18.0 Å². The second kappa shape index (κ2) is 4.52. The molecule has 0 aromatic heterocycles. The first kappa shape index (κ1) is 13.1. The molecule has 0 amide bonds. The van der Waals surface area contributed by atoms with Gasteiger partial charge in [-0.2, -0.15) is 13.2 Å². The van der Waals surface area contributed by atoms with Crippen LogP contribution in [0.3, 0.4) is 0 Å². The lowest BCUT2D eigenvalue weighted by Gasteiger charge is -2.14. The molecule has 0 atom stereocenters. The van der Waals surface area contributed by atoms with Gasteiger partial charge in [-0.3, -0.25) is 0 Å². The fourth-order valence-corrected chi connectivity index (χ4v) is 1.29. The molecule has 1 rings (SSSR count). The van der Waals surface area contributed by atoms with E-state index in [1.54, 1.807) is 0 Å². The molecule has 1 aromatic rings. The van der Waals surface area contributed by atoms with Crippen molar-refractivity contribution in [3.05, 3.63) is 23.3 Å². The fraction of sp³-hybridized carbons (Fsp3) is 0.300. The third kappa shape index (κ3) is 2.61. The number of hydrogen-bond acceptors (Lipinski definition) is 3. The van der Waals surface area contributed by atoms with Gasteiger partial charge in [0.1, 0.15) is 17.1 Å². The summed E-state index contributed by atoms with van der Waals surface area (Å²) in [5.74, 6) is -2.18. The highest BCUT2D eigenvalue weighted by molar-refractivity contribution is 5.91. The molecule has 0 saturated heterocycles. The number of methoxy groups -OCH3 is 2. The van der Waals surface area contributed by atoms with Crippen LogP contribution < -0.4 is 9.47 Å². The number of carboxylic acids is 1. The highest BCUT2D eigenvalue weighted by Gasteiger charge is 2.36. The van der Waals surface area contributed by atoms with Crippen molar-refractivity contribution < 1.29 is 32.5 Å². The van der Waals surface area contributed by atoms with Gasteiger partial charge in [0.2, 0.25) is 0 Å². The Morgan fingerprint density at radius 2 is 1.71 bits per heavy atom. The first-order chi connectivity index (χ1) is 7.81. The van der Waals surface area contributed by atoms with Crippen molar-refractivity contribution in [3.63, 3.8) is 0 Å². The average Bonchev–Trinajstić information content (AvgIpc) is 2.25. The number of benzene rings is 1. The van der Waals surface area contributed by atoms with Crippen LogP contribution in [0.25, 0.3) is 0 Å². The van der Waals surface area contributed by atoms with Crippen LogP contribution in [0.2, 0.25) is 0 Å². The SMILES string of the molecule is COc1cc(OC)c(C(F)(F)F)cc1C(=O)O. The summed E-state index contributed by atoms with van der Waals surface area (Å²) in [6.07, 6.45) is -4.69. The number of rotatable bonds is 3. The molecular formula is C10H9F3O4. The maximum atomic E-state index is 12.6. The molecule has 0 radical (unpaired) electrons. The van der Waals surface area contributed by atoms with Crippen molar-refractivity contribution in [1.29, 1.82) is 0 Å². The van der Waals surface area contributed by atoms with Gasteiger partial charge in [-0.15, -0.1) is 0 Å². The Labute approximate surface area is 94.6 Å². The van der Waals surface area contributed by atoms with Gasteiger partial charge in [-0.05, 0) is 6.07 Å². The summed E-state index contributed by atoms with van der Waals surface area (Å²) < 4.78 is 47.0. The van der Waals surface area contributed by atoms with Crippen molar-refractivity contribution in [2.75, 3.05) is 14.2 Å². The van der Waals surface area contributed by atoms with Crippen molar-refractivity contribution in [2.45, 2.75) is 6.18 Å². The molecule has 0 unspecified atom stereocenters. The molecule has 0 heterocycles. The number of alkyl halides is 3. The number of ether oxygens (including phenoxy) is 2. The second-order valence-corrected chi connectivity index (χ2v) is 3.06. The quantitative estimate of drug-likeness (QED) is 0.895. The van der Waals surface area contributed by atoms with Gasteiger partial charge in [0.15, 0.2) is 0 Å². The largest absolute Gasteiger partial charge is 0.496 e. The standard InChI is InChI=1S/C10H9F3O4/c1-16-7-4-8(17-2)6(10(11,12)13)3-5(7)9(14)15/h3-4H,1-2H3,(H,14,15). The van der Waals surface area contributed by atoms with E-state index in [4.69, 9.17) is 5.11 Å². The zero-order valence-electron chi connectivity index (χ0n) is 8.96. The van der Waals surface area contributed by atoms with Crippen molar-refractivity contribution >= 4 is 5.97 Å². The monoisotopic (exact) mass is 250 g/mol. The molecule has 7 heteroatoms. The Bertz CT molecular complexity index is 440. The predicted octanol–water partition coefficient (Wildman–Crippen LogP) is 2.42. The van der Waals surface area contributed by atoms with Crippen molar-refractivity contribution in [3.8, 4) is 11.5 Å². The maximum Gasteiger partial charge on any atom is 0.419 e. The number of halogens is 3. The minimum atomic E-state index is -4.69. The Hall–Kier alpha value is -1.92. The molecule has 0 fully saturated rings. The first-order valence-electron chi connectivity index (χ1n) is 4.37. The van der Waals surface area contributed by atoms with Gasteiger partial charge < -0.3 is 14.6 Å². The van der Waals surface area contributed by atoms with Gasteiger partial charge in [-0.25, -0.2) is 4.79 Å². The summed E-state index contributed by atoms with van der Waals surface area (Å²) in [4.78, 5) is 10.8. The number of aromatic carboxylic acids is 1. The van der Waals surface area contributed by atoms with Crippen LogP contribution in [0.15, 0.2) is 12.1 Å². The molecular weight excluding hydrogens is 241 g/mol. The molecule has 0 spiro atoms. The highest BCUT2D eigenvalue weighted by atomic mass is 19.4. The summed E-state index contributed by atoms with van der Waals surface area (Å²) >= 11 is 0. The maximum absolute atomic E-state index is 12.6. The Morgan fingerprint density at radius 3 is 2.06 bits per heavy atom. The minimum absolute atomic E-state index is 0.192. The Balaban J connectivity index is 3.50. The summed E-state index contributed by atoms with van der Waals surface area (Å²) in [6, 6.07) is 1.38. The molecule has 0 aliphatic rings. The first-order valence-corrected chi connectivity index (χ1v) is 4.37. The normalized spacial score (nSPS) is 11.1. The molecule has 1 aromatic carbocycles. The van der Waals surface area contributed by atoms with E-state index in [1.165, 1.54) is 0 Å². The molecule has 0 bridgehead atoms. The van der Waals surface area contributed by atoms with Crippen molar-refractivity contribution in [2.24, 2.45) is 0 Å². The predicted molar refractivity (Wildman–Crippen MR) is 51.5 cm³/mol. The lowest BCUT2D eigenvalue weighted by atomic mass is 10.1. The second-order valence-electron chi connectivity index (χ2n) is 3.06. The third-order valence-electron chi connectivity index (χ3n) is 2.06. The topological polar surface area (TPSA) is 55.8 Å². The van der Waals surface area contributed by atoms with E-state index in [-0.39, 0.29) is 5.75 Å². The minimum Gasteiger partial charge on any atom is -0.496 e. The zero-order valence-corrected chi connectivity index (χ0v) is 8.96. The third-order valence-corrected chi connectivity index (χ3v) is 2.06. The van der Waals surface area contributed by atoms with E-state index < -0.39 is 29.0 Å². The van der Waals surface area contributed by atoms with Gasteiger partial charge in [0.25, 0.3) is 0 Å². The van der Waals surface area contributed by atoms with E-state index in [2.05, 4.69) is 9.47 Å². The van der Waals surface area contributed by atoms with Crippen LogP contribution in [0.5, 0.6) is 11.5 Å². The zero-order chi connectivity index (χ0) is 13.2. The van der Waals surface area contributed by atoms with E-state index in [0.717, 1.165) is 20.3 Å². The van der Waals surface area contributed by atoms with Crippen LogP contribution in [0.1, 0.15) is 15.9 Å². The fourth-order valence-electron chi connectivity index (χ4n) is 1.29. The molecule has 17 heavy (non-hydrogen) atoms. The number of hydrogen-bond donors (Lipinski definition) is 1. The lowest BCUT2D eigenvalue weighted by Crippen LogP contribution is -2.11. The van der Waals surface area contributed by atoms with Crippen molar-refractivity contribution in [1.82, 2.24) is 0 Å². The summed E-state index contributed by atoms with van der Waals surface area (Å²) in [5, 5.41) is 8.76. The van der Waals surface area contributed by atoms with Crippen LogP contribution >= 0.6 is 0 Å². The molecule has 0 aliphatic heterocycles. The summed E-state index contributed by atoms with van der Waals surface area (Å²) in [6.45, 7) is 0. The van der Waals surface area contributed by atoms with Gasteiger partial charge >= 0.3 is 12.1 Å². The van der Waals surface area contributed by atoms with E-state index in [1.807, 2.05) is 0 Å². The average molecular weight is 250 g/mol. The summed E-state index contributed by atoms with van der Waals surface area (Å²) in [5.41, 5.74) is -1.72. The highest BCUT2D eigenvalue weighted by Crippen LogP contribution is 2.39. The van der Waals surface area contributed by atoms with Gasteiger partial charge in [-0.1, -0.05) is 0 Å². The Kier molecular flexibility index (Phi) is 3.50. The molecule has 0 saturated carbocycles. The van der Waals surface area contributed by atoms with Crippen LogP contribution in [0.4, 0.5) is 13.2 Å². The van der Waals surface area contributed by atoms with Crippen LogP contribution in [0, 0.1) is 0 Å². The molecule has 4 nitrogen and oxygen atoms in total. The van der Waals surface area contributed by atoms with E-state index >= 15 is 0 Å². The van der Waals surface area contributed by atoms with Gasteiger partial charge in [0.05, 0.1) is 19.8 Å². The molecule has 94 valence electrons. The van der Waals surface area contributed by atoms with Crippen LogP contribution in [-0.4, -0.2) is 25.3 Å². The summed E-state index contributed by atoms with van der Waals surface area (Å²) in [7, 11) is 2.22. The molecule has 1 N–H and O–H groups in total.